The van der Waals surface area contributed by atoms with Gasteiger partial charge in [-0.05, 0) is 57.4 Å². The fraction of sp³-hybridized carbons (Fsp3) is 0.0500. The van der Waals surface area contributed by atoms with Gasteiger partial charge >= 0.3 is 6.36 Å². The summed E-state index contributed by atoms with van der Waals surface area (Å²) in [5.41, 5.74) is 2.83. The summed E-state index contributed by atoms with van der Waals surface area (Å²) in [6.45, 7) is 0. The lowest BCUT2D eigenvalue weighted by molar-refractivity contribution is -0.274. The third-order valence-corrected chi connectivity index (χ3v) is 4.29. The first-order valence-corrected chi connectivity index (χ1v) is 8.63. The van der Waals surface area contributed by atoms with Crippen molar-refractivity contribution in [3.8, 4) is 16.9 Å². The molecule has 0 saturated heterocycles. The molecular weight excluding hydrogens is 423 g/mol. The molecule has 0 heterocycles. The number of benzene rings is 3. The Morgan fingerprint density at radius 1 is 0.889 bits per heavy atom. The highest BCUT2D eigenvalue weighted by Gasteiger charge is 2.32. The van der Waals surface area contributed by atoms with Crippen LogP contribution in [0.3, 0.4) is 0 Å². The molecule has 7 heteroatoms. The fourth-order valence-electron chi connectivity index (χ4n) is 2.43. The van der Waals surface area contributed by atoms with Crippen LogP contribution in [0.5, 0.6) is 5.75 Å². The van der Waals surface area contributed by atoms with Gasteiger partial charge in [-0.3, -0.25) is 4.79 Å². The van der Waals surface area contributed by atoms with Crippen molar-refractivity contribution in [2.24, 2.45) is 0 Å². The third kappa shape index (κ3) is 5.10. The standard InChI is InChI=1S/C20H13BrF3NO2/c21-17-12-15(8-11-18(17)27-20(22,23)24)19(26)25-16-9-6-14(7-10-16)13-4-2-1-3-5-13/h1-12H,(H,25,26). The monoisotopic (exact) mass is 435 g/mol. The second-order valence-electron chi connectivity index (χ2n) is 5.59. The van der Waals surface area contributed by atoms with Crippen LogP contribution in [-0.4, -0.2) is 12.3 Å². The van der Waals surface area contributed by atoms with E-state index in [4.69, 9.17) is 0 Å². The topological polar surface area (TPSA) is 38.3 Å². The second kappa shape index (κ2) is 7.84. The zero-order chi connectivity index (χ0) is 19.4. The molecule has 0 radical (unpaired) electrons. The molecule has 0 bridgehead atoms. The van der Waals surface area contributed by atoms with E-state index in [1.807, 2.05) is 42.5 Å². The lowest BCUT2D eigenvalue weighted by Crippen LogP contribution is -2.18. The summed E-state index contributed by atoms with van der Waals surface area (Å²) >= 11 is 2.98. The molecule has 0 fully saturated rings. The molecule has 138 valence electrons. The minimum absolute atomic E-state index is 0.0342. The number of ether oxygens (including phenoxy) is 1. The van der Waals surface area contributed by atoms with Crippen molar-refractivity contribution in [2.45, 2.75) is 6.36 Å². The van der Waals surface area contributed by atoms with Crippen LogP contribution < -0.4 is 10.1 Å². The van der Waals surface area contributed by atoms with Gasteiger partial charge in [0.15, 0.2) is 0 Å². The first-order chi connectivity index (χ1) is 12.8. The van der Waals surface area contributed by atoms with Gasteiger partial charge in [0.2, 0.25) is 0 Å². The summed E-state index contributed by atoms with van der Waals surface area (Å²) in [6.07, 6.45) is -4.80. The van der Waals surface area contributed by atoms with E-state index in [0.717, 1.165) is 17.2 Å². The van der Waals surface area contributed by atoms with Gasteiger partial charge in [-0.25, -0.2) is 0 Å². The number of halogens is 4. The zero-order valence-corrected chi connectivity index (χ0v) is 15.3. The van der Waals surface area contributed by atoms with Gasteiger partial charge in [0.25, 0.3) is 5.91 Å². The van der Waals surface area contributed by atoms with Crippen LogP contribution in [0, 0.1) is 0 Å². The van der Waals surface area contributed by atoms with Crippen LogP contribution in [0.25, 0.3) is 11.1 Å². The summed E-state index contributed by atoms with van der Waals surface area (Å²) in [5, 5.41) is 2.71. The summed E-state index contributed by atoms with van der Waals surface area (Å²) in [7, 11) is 0. The van der Waals surface area contributed by atoms with E-state index in [9.17, 15) is 18.0 Å². The van der Waals surface area contributed by atoms with E-state index in [1.165, 1.54) is 12.1 Å². The minimum atomic E-state index is -4.80. The maximum absolute atomic E-state index is 12.3. The molecule has 0 spiro atoms. The third-order valence-electron chi connectivity index (χ3n) is 3.67. The molecule has 0 aliphatic rings. The van der Waals surface area contributed by atoms with Gasteiger partial charge in [0.05, 0.1) is 4.47 Å². The Morgan fingerprint density at radius 2 is 1.52 bits per heavy atom. The van der Waals surface area contributed by atoms with Gasteiger partial charge < -0.3 is 10.1 Å². The molecule has 3 aromatic rings. The van der Waals surface area contributed by atoms with Crippen LogP contribution in [-0.2, 0) is 0 Å². The maximum Gasteiger partial charge on any atom is 0.573 e. The Kier molecular flexibility index (Phi) is 5.51. The molecule has 1 amide bonds. The SMILES string of the molecule is O=C(Nc1ccc(-c2ccccc2)cc1)c1ccc(OC(F)(F)F)c(Br)c1. The number of amides is 1. The molecule has 0 aliphatic heterocycles. The normalized spacial score (nSPS) is 11.1. The highest BCUT2D eigenvalue weighted by molar-refractivity contribution is 9.10. The molecule has 0 saturated carbocycles. The summed E-state index contributed by atoms with van der Waals surface area (Å²) in [4.78, 5) is 12.3. The largest absolute Gasteiger partial charge is 0.573 e. The Hall–Kier alpha value is -2.80. The van der Waals surface area contributed by atoms with E-state index in [0.29, 0.717) is 5.69 Å². The highest BCUT2D eigenvalue weighted by Crippen LogP contribution is 2.31. The van der Waals surface area contributed by atoms with E-state index >= 15 is 0 Å². The number of hydrogen-bond donors (Lipinski definition) is 1. The van der Waals surface area contributed by atoms with Crippen molar-refractivity contribution in [1.29, 1.82) is 0 Å². The zero-order valence-electron chi connectivity index (χ0n) is 13.8. The van der Waals surface area contributed by atoms with Crippen LogP contribution >= 0.6 is 15.9 Å². The van der Waals surface area contributed by atoms with Gasteiger partial charge in [0, 0.05) is 11.3 Å². The molecule has 0 unspecified atom stereocenters. The molecule has 0 aromatic heterocycles. The molecule has 0 atom stereocenters. The van der Waals surface area contributed by atoms with Crippen LogP contribution in [0.2, 0.25) is 0 Å². The van der Waals surface area contributed by atoms with Gasteiger partial charge in [-0.2, -0.15) is 0 Å². The van der Waals surface area contributed by atoms with Crippen molar-refractivity contribution in [1.82, 2.24) is 0 Å². The first kappa shape index (κ1) is 19.0. The Balaban J connectivity index is 1.71. The van der Waals surface area contributed by atoms with Gasteiger partial charge in [0.1, 0.15) is 5.75 Å². The summed E-state index contributed by atoms with van der Waals surface area (Å²) < 4.78 is 40.8. The van der Waals surface area contributed by atoms with Crippen molar-refractivity contribution in [3.05, 3.63) is 82.8 Å². The second-order valence-corrected chi connectivity index (χ2v) is 6.44. The molecule has 3 aromatic carbocycles. The lowest BCUT2D eigenvalue weighted by Gasteiger charge is -2.12. The predicted molar refractivity (Wildman–Crippen MR) is 101 cm³/mol. The van der Waals surface area contributed by atoms with E-state index in [2.05, 4.69) is 26.0 Å². The fourth-order valence-corrected chi connectivity index (χ4v) is 2.89. The number of hydrogen-bond acceptors (Lipinski definition) is 2. The highest BCUT2D eigenvalue weighted by atomic mass is 79.9. The molecule has 1 N–H and O–H groups in total. The van der Waals surface area contributed by atoms with Crippen LogP contribution in [0.15, 0.2) is 77.3 Å². The Morgan fingerprint density at radius 3 is 2.11 bits per heavy atom. The number of anilines is 1. The Bertz CT molecular complexity index is 942. The molecule has 3 rings (SSSR count). The number of rotatable bonds is 4. The van der Waals surface area contributed by atoms with E-state index in [1.54, 1.807) is 12.1 Å². The van der Waals surface area contributed by atoms with Crippen LogP contribution in [0.4, 0.5) is 18.9 Å². The summed E-state index contributed by atoms with van der Waals surface area (Å²) in [6, 6.07) is 20.7. The molecular formula is C20H13BrF3NO2. The van der Waals surface area contributed by atoms with Crippen molar-refractivity contribution >= 4 is 27.5 Å². The van der Waals surface area contributed by atoms with Crippen molar-refractivity contribution in [2.75, 3.05) is 5.32 Å². The first-order valence-electron chi connectivity index (χ1n) is 7.84. The van der Waals surface area contributed by atoms with Gasteiger partial charge in [-0.1, -0.05) is 42.5 Å². The maximum atomic E-state index is 12.3. The number of carbonyl (C=O) groups is 1. The van der Waals surface area contributed by atoms with Crippen LogP contribution in [0.1, 0.15) is 10.4 Å². The smallest absolute Gasteiger partial charge is 0.405 e. The molecule has 3 nitrogen and oxygen atoms in total. The predicted octanol–water partition coefficient (Wildman–Crippen LogP) is 6.27. The average Bonchev–Trinajstić information content (AvgIpc) is 2.63. The quantitative estimate of drug-likeness (QED) is 0.524. The summed E-state index contributed by atoms with van der Waals surface area (Å²) in [5.74, 6) is -0.854. The molecule has 27 heavy (non-hydrogen) atoms. The average molecular weight is 436 g/mol. The van der Waals surface area contributed by atoms with E-state index in [-0.39, 0.29) is 10.0 Å². The Labute approximate surface area is 161 Å². The van der Waals surface area contributed by atoms with E-state index < -0.39 is 18.0 Å². The minimum Gasteiger partial charge on any atom is -0.405 e. The number of carbonyl (C=O) groups excluding carboxylic acids is 1. The molecule has 0 aliphatic carbocycles. The van der Waals surface area contributed by atoms with Crippen molar-refractivity contribution < 1.29 is 22.7 Å². The van der Waals surface area contributed by atoms with Gasteiger partial charge in [-0.15, -0.1) is 13.2 Å². The van der Waals surface area contributed by atoms with Crippen molar-refractivity contribution in [3.63, 3.8) is 0 Å². The number of nitrogens with one attached hydrogen (secondary N) is 1. The number of alkyl halides is 3. The lowest BCUT2D eigenvalue weighted by atomic mass is 10.1.